The molecule has 0 aliphatic heterocycles. The van der Waals surface area contributed by atoms with Gasteiger partial charge in [0.1, 0.15) is 0 Å². The van der Waals surface area contributed by atoms with Crippen LogP contribution in [0.3, 0.4) is 0 Å². The maximum Gasteiger partial charge on any atom is 0.227 e. The first kappa shape index (κ1) is 27.7. The summed E-state index contributed by atoms with van der Waals surface area (Å²) in [5, 5.41) is 13.2. The zero-order valence-electron chi connectivity index (χ0n) is 21.2. The molecular formula is C27H39N2O4PS. The summed E-state index contributed by atoms with van der Waals surface area (Å²) >= 11 is 0. The van der Waals surface area contributed by atoms with Gasteiger partial charge in [-0.05, 0) is 107 Å². The Balaban J connectivity index is 1.62. The van der Waals surface area contributed by atoms with Gasteiger partial charge in [-0.15, -0.1) is 0 Å². The highest BCUT2D eigenvalue weighted by molar-refractivity contribution is 8.44. The zero-order valence-corrected chi connectivity index (χ0v) is 23.3. The first-order valence-corrected chi connectivity index (χ1v) is 15.4. The summed E-state index contributed by atoms with van der Waals surface area (Å²) in [4.78, 5) is 13.6. The average Bonchev–Trinajstić information content (AvgIpc) is 3.22. The highest BCUT2D eigenvalue weighted by Crippen LogP contribution is 2.33. The van der Waals surface area contributed by atoms with Crippen molar-refractivity contribution in [2.75, 3.05) is 5.32 Å². The Kier molecular flexibility index (Phi) is 9.06. The molecule has 6 nitrogen and oxygen atoms in total. The predicted octanol–water partition coefficient (Wildman–Crippen LogP) is 5.23. The summed E-state index contributed by atoms with van der Waals surface area (Å²) in [6, 6.07) is 15.3. The number of rotatable bonds is 8. The summed E-state index contributed by atoms with van der Waals surface area (Å²) < 4.78 is 22.2. The number of allylic oxidation sites excluding steroid dienone is 1. The molecule has 3 N–H and O–H groups in total. The molecule has 0 bridgehead atoms. The minimum absolute atomic E-state index is 0.0413. The normalized spacial score (nSPS) is 20.0. The first-order valence-electron chi connectivity index (χ1n) is 12.0. The van der Waals surface area contributed by atoms with Crippen molar-refractivity contribution >= 4 is 29.8 Å². The van der Waals surface area contributed by atoms with Gasteiger partial charge in [0.15, 0.2) is 6.29 Å². The van der Waals surface area contributed by atoms with Crippen molar-refractivity contribution in [3.63, 3.8) is 0 Å². The largest absolute Gasteiger partial charge is 0.365 e. The van der Waals surface area contributed by atoms with Crippen molar-refractivity contribution in [2.45, 2.75) is 76.7 Å². The number of carbonyl (C=O) groups excluding carboxylic acids is 1. The number of hydrogen-bond donors (Lipinski definition) is 4. The summed E-state index contributed by atoms with van der Waals surface area (Å²) in [5.74, 6) is -0.191. The van der Waals surface area contributed by atoms with Crippen LogP contribution in [0, 0.1) is 12.8 Å². The second-order valence-corrected chi connectivity index (χ2v) is 14.6. The molecule has 0 saturated heterocycles. The van der Waals surface area contributed by atoms with E-state index in [1.54, 1.807) is 12.1 Å². The molecule has 8 heteroatoms. The number of hydrogen-bond acceptors (Lipinski definition) is 4. The van der Waals surface area contributed by atoms with Gasteiger partial charge in [-0.1, -0.05) is 35.9 Å². The quantitative estimate of drug-likeness (QED) is 0.167. The van der Waals surface area contributed by atoms with Gasteiger partial charge in [0.25, 0.3) is 0 Å². The second-order valence-electron chi connectivity index (χ2n) is 10.3. The lowest BCUT2D eigenvalue weighted by Gasteiger charge is -2.26. The number of thiol groups is 1. The van der Waals surface area contributed by atoms with Gasteiger partial charge in [0.05, 0.1) is 5.60 Å². The summed E-state index contributed by atoms with van der Waals surface area (Å²) in [5.41, 5.74) is 3.24. The van der Waals surface area contributed by atoms with Crippen LogP contribution in [0.15, 0.2) is 65.1 Å². The van der Waals surface area contributed by atoms with Gasteiger partial charge < -0.3 is 15.2 Å². The number of aryl methyl sites for hydroxylation is 1. The van der Waals surface area contributed by atoms with Crippen LogP contribution in [-0.4, -0.2) is 27.1 Å². The number of ether oxygens (including phenoxy) is 1. The lowest BCUT2D eigenvalue weighted by molar-refractivity contribution is -0.138. The lowest BCUT2D eigenvalue weighted by atomic mass is 10.1. The molecule has 0 spiro atoms. The van der Waals surface area contributed by atoms with Crippen molar-refractivity contribution in [3.05, 3.63) is 71.3 Å². The number of nitrogens with one attached hydrogen (secondary N) is 2. The van der Waals surface area contributed by atoms with Crippen LogP contribution in [0.25, 0.3) is 0 Å². The highest BCUT2D eigenvalue weighted by atomic mass is 32.8. The Morgan fingerprint density at radius 2 is 1.91 bits per heavy atom. The fourth-order valence-electron chi connectivity index (χ4n) is 4.26. The van der Waals surface area contributed by atoms with E-state index >= 15 is 0 Å². The van der Waals surface area contributed by atoms with Gasteiger partial charge in [-0.3, -0.25) is 9.00 Å². The molecule has 0 heterocycles. The number of benzene rings is 2. The van der Waals surface area contributed by atoms with E-state index in [0.29, 0.717) is 17.0 Å². The summed E-state index contributed by atoms with van der Waals surface area (Å²) in [6.45, 7) is 9.58. The second kappa shape index (κ2) is 11.4. The predicted molar refractivity (Wildman–Crippen MR) is 148 cm³/mol. The zero-order chi connectivity index (χ0) is 25.8. The van der Waals surface area contributed by atoms with Gasteiger partial charge >= 0.3 is 0 Å². The number of aliphatic hydroxyl groups excluding tert-OH is 1. The van der Waals surface area contributed by atoms with Gasteiger partial charge in [0, 0.05) is 22.5 Å². The molecule has 35 heavy (non-hydrogen) atoms. The monoisotopic (exact) mass is 518 g/mol. The van der Waals surface area contributed by atoms with Crippen molar-refractivity contribution < 1.29 is 18.8 Å². The molecule has 1 aliphatic rings. The molecule has 0 aromatic heterocycles. The molecule has 0 radical (unpaired) electrons. The SMILES string of the molecule is Cc1cc([SH](=O)(P)NC(C)c2ccccc2)ccc1NC(=O)[C@H]1CC/C(=C\C(O)OC(C)(C)C)C1. The first-order chi connectivity index (χ1) is 16.3. The summed E-state index contributed by atoms with van der Waals surface area (Å²) in [7, 11) is -0.410. The Hall–Kier alpha value is -1.89. The molecule has 3 unspecified atom stereocenters. The van der Waals surface area contributed by atoms with E-state index < -0.39 is 21.6 Å². The molecule has 1 aliphatic carbocycles. The van der Waals surface area contributed by atoms with Gasteiger partial charge in [-0.25, -0.2) is 4.72 Å². The van der Waals surface area contributed by atoms with Crippen LogP contribution in [0.4, 0.5) is 5.69 Å². The van der Waals surface area contributed by atoms with Crippen LogP contribution in [0.1, 0.15) is 64.1 Å². The van der Waals surface area contributed by atoms with E-state index in [1.807, 2.05) is 77.1 Å². The minimum atomic E-state index is -2.89. The molecule has 1 fully saturated rings. The molecule has 2 aromatic rings. The minimum Gasteiger partial charge on any atom is -0.365 e. The Morgan fingerprint density at radius 3 is 2.54 bits per heavy atom. The highest BCUT2D eigenvalue weighted by Gasteiger charge is 2.27. The van der Waals surface area contributed by atoms with Crippen LogP contribution < -0.4 is 10.0 Å². The van der Waals surface area contributed by atoms with Crippen LogP contribution >= 0.6 is 8.44 Å². The number of aliphatic hydroxyl groups is 1. The Bertz CT molecular complexity index is 1110. The third-order valence-corrected chi connectivity index (χ3v) is 9.24. The Morgan fingerprint density at radius 1 is 1.23 bits per heavy atom. The topological polar surface area (TPSA) is 87.7 Å². The molecule has 4 atom stereocenters. The van der Waals surface area contributed by atoms with E-state index in [4.69, 9.17) is 4.74 Å². The van der Waals surface area contributed by atoms with Gasteiger partial charge in [0.2, 0.25) is 5.91 Å². The van der Waals surface area contributed by atoms with Crippen molar-refractivity contribution in [1.82, 2.24) is 4.72 Å². The molecule has 1 amide bonds. The maximum absolute atomic E-state index is 13.4. The number of amides is 1. The third-order valence-electron chi connectivity index (χ3n) is 6.08. The standard InChI is InChI=1S/C27H39N2O4PS/c1-18-15-23(35(32,34)29-19(2)21-9-7-6-8-10-21)13-14-24(18)28-26(31)22-12-11-20(16-22)17-25(30)33-27(3,4)5/h6-10,13-15,17,19,22,25,30,35H,11-12,16,34H2,1-5H3,(H,28,31)(H,29,32)/b20-17+/t19?,22-,25?/m0/s1. The van der Waals surface area contributed by atoms with Crippen LogP contribution in [0.5, 0.6) is 0 Å². The number of carbonyl (C=O) groups is 1. The fourth-order valence-corrected chi connectivity index (χ4v) is 6.97. The number of anilines is 1. The Labute approximate surface area is 212 Å². The van der Waals surface area contributed by atoms with Crippen molar-refractivity contribution in [1.29, 1.82) is 0 Å². The van der Waals surface area contributed by atoms with E-state index in [0.717, 1.165) is 29.5 Å². The van der Waals surface area contributed by atoms with Crippen LogP contribution in [0.2, 0.25) is 0 Å². The van der Waals surface area contributed by atoms with Crippen molar-refractivity contribution in [3.8, 4) is 0 Å². The van der Waals surface area contributed by atoms with E-state index in [1.165, 1.54) is 0 Å². The third kappa shape index (κ3) is 8.06. The molecule has 2 aromatic carbocycles. The van der Waals surface area contributed by atoms with Gasteiger partial charge in [-0.2, -0.15) is 0 Å². The van der Waals surface area contributed by atoms with Crippen molar-refractivity contribution in [2.24, 2.45) is 5.92 Å². The molecule has 192 valence electrons. The fraction of sp³-hybridized carbons (Fsp3) is 0.444. The smallest absolute Gasteiger partial charge is 0.227 e. The molecule has 1 saturated carbocycles. The van der Waals surface area contributed by atoms with E-state index in [2.05, 4.69) is 18.5 Å². The maximum atomic E-state index is 13.4. The molecule has 3 rings (SSSR count). The van der Waals surface area contributed by atoms with E-state index in [9.17, 15) is 14.1 Å². The lowest BCUT2D eigenvalue weighted by Crippen LogP contribution is -2.28. The summed E-state index contributed by atoms with van der Waals surface area (Å²) in [6.07, 6.45) is 2.86. The van der Waals surface area contributed by atoms with E-state index in [-0.39, 0.29) is 17.9 Å². The molecular weight excluding hydrogens is 479 g/mol. The average molecular weight is 519 g/mol. The van der Waals surface area contributed by atoms with Crippen LogP contribution in [-0.2, 0) is 19.3 Å².